The Bertz CT molecular complexity index is 1230. The Hall–Kier alpha value is -1.84. The summed E-state index contributed by atoms with van der Waals surface area (Å²) in [7, 11) is -0.0956. The minimum atomic E-state index is -3.53. The maximum atomic E-state index is 12.9. The Balaban J connectivity index is 1.12. The third kappa shape index (κ3) is 4.55. The zero-order valence-electron chi connectivity index (χ0n) is 20.0. The molecule has 188 valence electrons. The van der Waals surface area contributed by atoms with Gasteiger partial charge in [0.25, 0.3) is 5.91 Å². The number of amides is 1. The van der Waals surface area contributed by atoms with Gasteiger partial charge in [-0.3, -0.25) is 9.69 Å². The molecule has 1 aliphatic carbocycles. The summed E-state index contributed by atoms with van der Waals surface area (Å²) in [5, 5.41) is 0.754. The molecule has 7 nitrogen and oxygen atoms in total. The summed E-state index contributed by atoms with van der Waals surface area (Å²) in [6, 6.07) is 12.8. The Kier molecular flexibility index (Phi) is 6.55. The fraction of sp³-hybridized carbons (Fsp3) is 0.480. The van der Waals surface area contributed by atoms with E-state index in [0.29, 0.717) is 29.7 Å². The van der Waals surface area contributed by atoms with E-state index < -0.39 is 10.0 Å². The second-order valence-electron chi connectivity index (χ2n) is 10.2. The topological polar surface area (TPSA) is 64.2 Å². The maximum absolute atomic E-state index is 12.9. The van der Waals surface area contributed by atoms with Crippen molar-refractivity contribution in [2.45, 2.75) is 23.8 Å². The van der Waals surface area contributed by atoms with Crippen molar-refractivity contribution in [2.75, 3.05) is 58.3 Å². The molecule has 5 rings (SSSR count). The van der Waals surface area contributed by atoms with Gasteiger partial charge < -0.3 is 9.80 Å². The van der Waals surface area contributed by atoms with E-state index in [1.165, 1.54) is 4.90 Å². The van der Waals surface area contributed by atoms with E-state index in [0.717, 1.165) is 44.7 Å². The number of halogens is 2. The number of benzene rings is 2. The first-order valence-electron chi connectivity index (χ1n) is 11.8. The van der Waals surface area contributed by atoms with Crippen LogP contribution in [0.15, 0.2) is 47.4 Å². The molecule has 1 spiro atoms. The van der Waals surface area contributed by atoms with E-state index in [2.05, 4.69) is 9.80 Å². The van der Waals surface area contributed by atoms with Crippen molar-refractivity contribution >= 4 is 44.8 Å². The molecule has 0 radical (unpaired) electrons. The Labute approximate surface area is 217 Å². The predicted molar refractivity (Wildman–Crippen MR) is 139 cm³/mol. The summed E-state index contributed by atoms with van der Waals surface area (Å²) < 4.78 is 27.4. The number of hydrogen-bond donors (Lipinski definition) is 0. The van der Waals surface area contributed by atoms with Crippen molar-refractivity contribution in [3.8, 4) is 0 Å². The highest BCUT2D eigenvalue weighted by atomic mass is 35.5. The summed E-state index contributed by atoms with van der Waals surface area (Å²) in [6.45, 7) is 4.86. The number of nitrogens with zero attached hydrogens (tertiary/aromatic N) is 4. The third-order valence-electron chi connectivity index (χ3n) is 7.60. The first kappa shape index (κ1) is 24.8. The van der Waals surface area contributed by atoms with Crippen LogP contribution >= 0.6 is 23.2 Å². The molecule has 0 aromatic heterocycles. The minimum Gasteiger partial charge on any atom is -0.369 e. The van der Waals surface area contributed by atoms with Gasteiger partial charge in [-0.15, -0.1) is 0 Å². The summed E-state index contributed by atoms with van der Waals surface area (Å²) in [4.78, 5) is 18.8. The van der Waals surface area contributed by atoms with E-state index in [-0.39, 0.29) is 21.2 Å². The lowest BCUT2D eigenvalue weighted by Gasteiger charge is -2.61. The highest BCUT2D eigenvalue weighted by Gasteiger charge is 2.57. The van der Waals surface area contributed by atoms with Crippen LogP contribution in [0.1, 0.15) is 23.2 Å². The summed E-state index contributed by atoms with van der Waals surface area (Å²) >= 11 is 12.5. The third-order valence-corrected chi connectivity index (χ3v) is 10.2. The van der Waals surface area contributed by atoms with Gasteiger partial charge in [0, 0.05) is 70.5 Å². The molecule has 0 unspecified atom stereocenters. The number of rotatable bonds is 5. The fourth-order valence-corrected chi connectivity index (χ4v) is 8.00. The van der Waals surface area contributed by atoms with Gasteiger partial charge in [0.2, 0.25) is 10.0 Å². The molecule has 2 heterocycles. The van der Waals surface area contributed by atoms with Crippen LogP contribution in [0.3, 0.4) is 0 Å². The van der Waals surface area contributed by atoms with E-state index in [1.807, 2.05) is 12.1 Å². The molecule has 1 saturated carbocycles. The lowest BCUT2D eigenvalue weighted by atomic mass is 9.61. The molecular formula is C25H30Cl2N4O3S. The van der Waals surface area contributed by atoms with Crippen molar-refractivity contribution in [2.24, 2.45) is 5.41 Å². The number of carbonyl (C=O) groups excluding carboxylic acids is 1. The van der Waals surface area contributed by atoms with E-state index in [1.54, 1.807) is 48.7 Å². The molecule has 2 saturated heterocycles. The molecule has 3 fully saturated rings. The van der Waals surface area contributed by atoms with Crippen molar-refractivity contribution < 1.29 is 13.2 Å². The van der Waals surface area contributed by atoms with Gasteiger partial charge in [0.1, 0.15) is 4.90 Å². The first-order valence-corrected chi connectivity index (χ1v) is 14.0. The molecule has 0 atom stereocenters. The van der Waals surface area contributed by atoms with Crippen LogP contribution in [0.5, 0.6) is 0 Å². The largest absolute Gasteiger partial charge is 0.369 e. The minimum absolute atomic E-state index is 0.0977. The van der Waals surface area contributed by atoms with Crippen molar-refractivity contribution in [3.05, 3.63) is 58.1 Å². The average molecular weight is 538 g/mol. The van der Waals surface area contributed by atoms with Gasteiger partial charge in [-0.1, -0.05) is 35.3 Å². The predicted octanol–water partition coefficient (Wildman–Crippen LogP) is 3.67. The highest BCUT2D eigenvalue weighted by molar-refractivity contribution is 7.89. The smallest absolute Gasteiger partial charge is 0.254 e. The SMILES string of the molecule is CN(C)C(=O)c1ccc(N2CCN(C3CC4(C3)CN(S(=O)(=O)c3ccccc3Cl)C4)CC2)cc1Cl. The molecule has 0 bridgehead atoms. The number of piperazine rings is 1. The van der Waals surface area contributed by atoms with Crippen LogP contribution in [0, 0.1) is 5.41 Å². The zero-order valence-corrected chi connectivity index (χ0v) is 22.3. The van der Waals surface area contributed by atoms with Crippen LogP contribution in [0.25, 0.3) is 0 Å². The maximum Gasteiger partial charge on any atom is 0.254 e. The average Bonchev–Trinajstić information content (AvgIpc) is 2.77. The van der Waals surface area contributed by atoms with E-state index in [9.17, 15) is 13.2 Å². The Morgan fingerprint density at radius 1 is 0.971 bits per heavy atom. The van der Waals surface area contributed by atoms with Crippen molar-refractivity contribution in [1.82, 2.24) is 14.1 Å². The van der Waals surface area contributed by atoms with Crippen LogP contribution in [-0.2, 0) is 10.0 Å². The molecule has 2 aromatic carbocycles. The molecule has 35 heavy (non-hydrogen) atoms. The first-order chi connectivity index (χ1) is 16.6. The number of hydrogen-bond acceptors (Lipinski definition) is 5. The molecule has 2 aliphatic heterocycles. The molecule has 3 aliphatic rings. The fourth-order valence-electron chi connectivity index (χ4n) is 5.58. The lowest BCUT2D eigenvalue weighted by molar-refractivity contribution is -0.0762. The van der Waals surface area contributed by atoms with Crippen molar-refractivity contribution in [1.29, 1.82) is 0 Å². The Morgan fingerprint density at radius 2 is 1.63 bits per heavy atom. The second-order valence-corrected chi connectivity index (χ2v) is 12.9. The van der Waals surface area contributed by atoms with Gasteiger partial charge in [0.05, 0.1) is 15.6 Å². The van der Waals surface area contributed by atoms with Gasteiger partial charge in [-0.05, 0) is 43.2 Å². The van der Waals surface area contributed by atoms with E-state index >= 15 is 0 Å². The standard InChI is InChI=1S/C25H30Cl2N4O3S/c1-28(2)24(32)20-8-7-18(13-22(20)27)29-9-11-30(12-10-29)19-14-25(15-19)16-31(17-25)35(33,34)23-6-4-3-5-21(23)26/h3-8,13,19H,9-12,14-17H2,1-2H3. The lowest BCUT2D eigenvalue weighted by Crippen LogP contribution is -2.68. The van der Waals surface area contributed by atoms with Gasteiger partial charge in [-0.25, -0.2) is 8.42 Å². The molecule has 1 amide bonds. The van der Waals surface area contributed by atoms with E-state index in [4.69, 9.17) is 23.2 Å². The molecular weight excluding hydrogens is 507 g/mol. The summed E-state index contributed by atoms with van der Waals surface area (Å²) in [6.07, 6.45) is 2.07. The second kappa shape index (κ2) is 9.23. The summed E-state index contributed by atoms with van der Waals surface area (Å²) in [5.74, 6) is -0.0977. The van der Waals surface area contributed by atoms with Crippen LogP contribution in [0.2, 0.25) is 10.0 Å². The van der Waals surface area contributed by atoms with Crippen molar-refractivity contribution in [3.63, 3.8) is 0 Å². The number of sulfonamides is 1. The summed E-state index contributed by atoms with van der Waals surface area (Å²) in [5.41, 5.74) is 1.66. The zero-order chi connectivity index (χ0) is 25.0. The van der Waals surface area contributed by atoms with Gasteiger partial charge >= 0.3 is 0 Å². The monoisotopic (exact) mass is 536 g/mol. The quantitative estimate of drug-likeness (QED) is 0.583. The molecule has 0 N–H and O–H groups in total. The number of anilines is 1. The van der Waals surface area contributed by atoms with Gasteiger partial charge in [0.15, 0.2) is 0 Å². The van der Waals surface area contributed by atoms with Crippen LogP contribution < -0.4 is 4.90 Å². The molecule has 2 aromatic rings. The highest BCUT2D eigenvalue weighted by Crippen LogP contribution is 2.52. The molecule has 10 heteroatoms. The Morgan fingerprint density at radius 3 is 2.23 bits per heavy atom. The van der Waals surface area contributed by atoms with Gasteiger partial charge in [-0.2, -0.15) is 4.31 Å². The number of carbonyl (C=O) groups is 1. The van der Waals surface area contributed by atoms with Crippen LogP contribution in [-0.4, -0.2) is 87.8 Å². The van der Waals surface area contributed by atoms with Crippen LogP contribution in [0.4, 0.5) is 5.69 Å². The normalized spacial score (nSPS) is 21.0.